The molecule has 2 rings (SSSR count). The quantitative estimate of drug-likeness (QED) is 0.804. The molecule has 1 atom stereocenters. The summed E-state index contributed by atoms with van der Waals surface area (Å²) < 4.78 is 0. The van der Waals surface area contributed by atoms with Gasteiger partial charge in [-0.2, -0.15) is 0 Å². The van der Waals surface area contributed by atoms with E-state index in [4.69, 9.17) is 23.2 Å². The Balaban J connectivity index is 2.00. The smallest absolute Gasteiger partial charge is 0.226 e. The molecule has 1 fully saturated rings. The standard InChI is InChI=1S/C17H24Cl2N2O/c1-3-21(4-2)17(22)14-6-5-9-20(12-14)11-13-7-8-15(18)10-16(13)19/h7-8,10,14H,3-6,9,11-12H2,1-2H3/t14-/m0/s1. The van der Waals surface area contributed by atoms with Crippen molar-refractivity contribution in [2.75, 3.05) is 26.2 Å². The molecule has 0 aliphatic carbocycles. The van der Waals surface area contributed by atoms with Gasteiger partial charge in [-0.05, 0) is 50.9 Å². The number of amides is 1. The zero-order valence-electron chi connectivity index (χ0n) is 13.3. The third-order valence-corrected chi connectivity index (χ3v) is 4.93. The number of rotatable bonds is 5. The van der Waals surface area contributed by atoms with Crippen molar-refractivity contribution in [3.63, 3.8) is 0 Å². The van der Waals surface area contributed by atoms with Gasteiger partial charge in [0.05, 0.1) is 5.92 Å². The van der Waals surface area contributed by atoms with E-state index in [9.17, 15) is 4.79 Å². The zero-order chi connectivity index (χ0) is 16.1. The second-order valence-electron chi connectivity index (χ2n) is 5.82. The summed E-state index contributed by atoms with van der Waals surface area (Å²) in [5, 5.41) is 1.35. The molecule has 122 valence electrons. The lowest BCUT2D eigenvalue weighted by Crippen LogP contribution is -2.44. The lowest BCUT2D eigenvalue weighted by atomic mass is 9.96. The van der Waals surface area contributed by atoms with E-state index in [1.165, 1.54) is 0 Å². The van der Waals surface area contributed by atoms with Crippen LogP contribution in [0.25, 0.3) is 0 Å². The SMILES string of the molecule is CCN(CC)C(=O)[C@H]1CCCN(Cc2ccc(Cl)cc2Cl)C1. The average molecular weight is 343 g/mol. The summed E-state index contributed by atoms with van der Waals surface area (Å²) in [7, 11) is 0. The Labute approximate surface area is 143 Å². The molecule has 0 unspecified atom stereocenters. The number of likely N-dealkylation sites (tertiary alicyclic amines) is 1. The molecule has 1 amide bonds. The molecule has 0 spiro atoms. The maximum Gasteiger partial charge on any atom is 0.226 e. The highest BCUT2D eigenvalue weighted by molar-refractivity contribution is 6.35. The molecule has 1 aromatic rings. The van der Waals surface area contributed by atoms with Gasteiger partial charge in [-0.1, -0.05) is 29.3 Å². The van der Waals surface area contributed by atoms with Crippen molar-refractivity contribution in [1.29, 1.82) is 0 Å². The molecular formula is C17H24Cl2N2O. The molecule has 1 aromatic carbocycles. The molecule has 5 heteroatoms. The van der Waals surface area contributed by atoms with Crippen LogP contribution < -0.4 is 0 Å². The van der Waals surface area contributed by atoms with Crippen molar-refractivity contribution in [3.05, 3.63) is 33.8 Å². The predicted octanol–water partition coefficient (Wildman–Crippen LogP) is 4.07. The first-order valence-electron chi connectivity index (χ1n) is 8.00. The van der Waals surface area contributed by atoms with Crippen LogP contribution in [-0.2, 0) is 11.3 Å². The van der Waals surface area contributed by atoms with Crippen LogP contribution in [-0.4, -0.2) is 41.9 Å². The lowest BCUT2D eigenvalue weighted by molar-refractivity contribution is -0.137. The van der Waals surface area contributed by atoms with E-state index in [-0.39, 0.29) is 11.8 Å². The fraction of sp³-hybridized carbons (Fsp3) is 0.588. The molecule has 0 N–H and O–H groups in total. The summed E-state index contributed by atoms with van der Waals surface area (Å²) in [6.07, 6.45) is 2.04. The molecular weight excluding hydrogens is 319 g/mol. The second-order valence-corrected chi connectivity index (χ2v) is 6.66. The molecule has 22 heavy (non-hydrogen) atoms. The predicted molar refractivity (Wildman–Crippen MR) is 92.4 cm³/mol. The van der Waals surface area contributed by atoms with Crippen molar-refractivity contribution in [3.8, 4) is 0 Å². The van der Waals surface area contributed by atoms with Gasteiger partial charge < -0.3 is 4.90 Å². The van der Waals surface area contributed by atoms with E-state index in [1.54, 1.807) is 6.07 Å². The largest absolute Gasteiger partial charge is 0.343 e. The molecule has 1 heterocycles. The number of benzene rings is 1. The molecule has 3 nitrogen and oxygen atoms in total. The molecule has 0 aromatic heterocycles. The van der Waals surface area contributed by atoms with Crippen LogP contribution in [0.2, 0.25) is 10.0 Å². The Kier molecular flexibility index (Phi) is 6.54. The van der Waals surface area contributed by atoms with Gasteiger partial charge in [-0.3, -0.25) is 9.69 Å². The average Bonchev–Trinajstić information content (AvgIpc) is 2.51. The van der Waals surface area contributed by atoms with Crippen molar-refractivity contribution < 1.29 is 4.79 Å². The van der Waals surface area contributed by atoms with Gasteiger partial charge in [-0.25, -0.2) is 0 Å². The topological polar surface area (TPSA) is 23.6 Å². The monoisotopic (exact) mass is 342 g/mol. The summed E-state index contributed by atoms with van der Waals surface area (Å²) in [5.41, 5.74) is 1.07. The van der Waals surface area contributed by atoms with Crippen LogP contribution in [0.5, 0.6) is 0 Å². The third-order valence-electron chi connectivity index (χ3n) is 4.34. The van der Waals surface area contributed by atoms with Crippen LogP contribution in [0.3, 0.4) is 0 Å². The molecule has 1 aliphatic rings. The minimum atomic E-state index is 0.111. The highest BCUT2D eigenvalue weighted by atomic mass is 35.5. The maximum absolute atomic E-state index is 12.5. The van der Waals surface area contributed by atoms with Crippen molar-refractivity contribution >= 4 is 29.1 Å². The number of halogens is 2. The van der Waals surface area contributed by atoms with E-state index in [2.05, 4.69) is 4.90 Å². The number of carbonyl (C=O) groups excluding carboxylic acids is 1. The highest BCUT2D eigenvalue weighted by Crippen LogP contribution is 2.25. The summed E-state index contributed by atoms with van der Waals surface area (Å²) in [6, 6.07) is 5.62. The zero-order valence-corrected chi connectivity index (χ0v) is 14.8. The summed E-state index contributed by atoms with van der Waals surface area (Å²) in [4.78, 5) is 16.8. The maximum atomic E-state index is 12.5. The Bertz CT molecular complexity index is 517. The Morgan fingerprint density at radius 1 is 1.32 bits per heavy atom. The molecule has 1 saturated heterocycles. The first-order valence-corrected chi connectivity index (χ1v) is 8.75. The molecule has 0 bridgehead atoms. The summed E-state index contributed by atoms with van der Waals surface area (Å²) in [6.45, 7) is 8.25. The van der Waals surface area contributed by atoms with Gasteiger partial charge >= 0.3 is 0 Å². The first kappa shape index (κ1) is 17.6. The van der Waals surface area contributed by atoms with Gasteiger partial charge in [-0.15, -0.1) is 0 Å². The fourth-order valence-electron chi connectivity index (χ4n) is 3.09. The molecule has 1 aliphatic heterocycles. The minimum absolute atomic E-state index is 0.111. The van der Waals surface area contributed by atoms with Crippen LogP contribution in [0, 0.1) is 5.92 Å². The minimum Gasteiger partial charge on any atom is -0.343 e. The van der Waals surface area contributed by atoms with Crippen LogP contribution in [0.15, 0.2) is 18.2 Å². The Morgan fingerprint density at radius 2 is 2.05 bits per heavy atom. The Morgan fingerprint density at radius 3 is 2.68 bits per heavy atom. The summed E-state index contributed by atoms with van der Waals surface area (Å²) >= 11 is 12.2. The van der Waals surface area contributed by atoms with Crippen LogP contribution in [0.4, 0.5) is 0 Å². The van der Waals surface area contributed by atoms with Crippen molar-refractivity contribution in [2.45, 2.75) is 33.2 Å². The number of piperidine rings is 1. The first-order chi connectivity index (χ1) is 10.5. The highest BCUT2D eigenvalue weighted by Gasteiger charge is 2.28. The van der Waals surface area contributed by atoms with Crippen molar-refractivity contribution in [2.24, 2.45) is 5.92 Å². The van der Waals surface area contributed by atoms with E-state index in [0.717, 1.165) is 51.1 Å². The van der Waals surface area contributed by atoms with Crippen molar-refractivity contribution in [1.82, 2.24) is 9.80 Å². The van der Waals surface area contributed by atoms with E-state index >= 15 is 0 Å². The number of hydrogen-bond donors (Lipinski definition) is 0. The normalized spacial score (nSPS) is 19.2. The molecule has 0 saturated carbocycles. The lowest BCUT2D eigenvalue weighted by Gasteiger charge is -2.34. The van der Waals surface area contributed by atoms with E-state index in [0.29, 0.717) is 10.0 Å². The number of hydrogen-bond acceptors (Lipinski definition) is 2. The number of carbonyl (C=O) groups is 1. The van der Waals surface area contributed by atoms with E-state index < -0.39 is 0 Å². The van der Waals surface area contributed by atoms with Crippen LogP contribution >= 0.6 is 23.2 Å². The molecule has 0 radical (unpaired) electrons. The van der Waals surface area contributed by atoms with Gasteiger partial charge in [0.15, 0.2) is 0 Å². The van der Waals surface area contributed by atoms with Gasteiger partial charge in [0.25, 0.3) is 0 Å². The summed E-state index contributed by atoms with van der Waals surface area (Å²) in [5.74, 6) is 0.400. The third kappa shape index (κ3) is 4.37. The van der Waals surface area contributed by atoms with Crippen LogP contribution in [0.1, 0.15) is 32.3 Å². The fourth-order valence-corrected chi connectivity index (χ4v) is 3.55. The Hall–Kier alpha value is -0.770. The van der Waals surface area contributed by atoms with Gasteiger partial charge in [0, 0.05) is 36.2 Å². The number of nitrogens with zero attached hydrogens (tertiary/aromatic N) is 2. The van der Waals surface area contributed by atoms with Gasteiger partial charge in [0.2, 0.25) is 5.91 Å². The second kappa shape index (κ2) is 8.19. The van der Waals surface area contributed by atoms with E-state index in [1.807, 2.05) is 30.9 Å². The van der Waals surface area contributed by atoms with Gasteiger partial charge in [0.1, 0.15) is 0 Å².